The second kappa shape index (κ2) is 5.89. The lowest BCUT2D eigenvalue weighted by molar-refractivity contribution is -0.132. The average Bonchev–Trinajstić information content (AvgIpc) is 2.27. The fourth-order valence-corrected chi connectivity index (χ4v) is 2.46. The molecule has 19 heavy (non-hydrogen) atoms. The van der Waals surface area contributed by atoms with Gasteiger partial charge in [0.1, 0.15) is 0 Å². The Morgan fingerprint density at radius 3 is 2.53 bits per heavy atom. The number of sulfonamides is 1. The Morgan fingerprint density at radius 1 is 1.37 bits per heavy atom. The SMILES string of the molecule is CC(N)c1cccc(S(=O)(=O)NCCC(F)(F)F)c1. The Bertz CT molecular complexity index is 527. The topological polar surface area (TPSA) is 72.2 Å². The molecule has 1 atom stereocenters. The third kappa shape index (κ3) is 5.17. The Kier molecular flexibility index (Phi) is 4.94. The zero-order valence-corrected chi connectivity index (χ0v) is 11.1. The molecule has 3 N–H and O–H groups in total. The van der Waals surface area contributed by atoms with Crippen molar-refractivity contribution in [1.82, 2.24) is 4.72 Å². The molecule has 0 heterocycles. The molecule has 0 spiro atoms. The van der Waals surface area contributed by atoms with Gasteiger partial charge in [0.15, 0.2) is 0 Å². The lowest BCUT2D eigenvalue weighted by atomic mass is 10.1. The van der Waals surface area contributed by atoms with Crippen molar-refractivity contribution in [2.45, 2.75) is 30.5 Å². The number of hydrogen-bond acceptors (Lipinski definition) is 3. The molecule has 1 rings (SSSR count). The van der Waals surface area contributed by atoms with Gasteiger partial charge in [0.05, 0.1) is 11.3 Å². The molecule has 4 nitrogen and oxygen atoms in total. The van der Waals surface area contributed by atoms with Gasteiger partial charge >= 0.3 is 6.18 Å². The van der Waals surface area contributed by atoms with Crippen LogP contribution in [0.25, 0.3) is 0 Å². The minimum Gasteiger partial charge on any atom is -0.324 e. The number of benzene rings is 1. The lowest BCUT2D eigenvalue weighted by Crippen LogP contribution is -2.28. The van der Waals surface area contributed by atoms with Crippen molar-refractivity contribution in [2.75, 3.05) is 6.54 Å². The van der Waals surface area contributed by atoms with Gasteiger partial charge in [-0.2, -0.15) is 13.2 Å². The molecular weight excluding hydrogens is 281 g/mol. The van der Waals surface area contributed by atoms with Gasteiger partial charge in [0.25, 0.3) is 0 Å². The average molecular weight is 296 g/mol. The summed E-state index contributed by atoms with van der Waals surface area (Å²) in [5.74, 6) is 0. The summed E-state index contributed by atoms with van der Waals surface area (Å²) in [5.41, 5.74) is 6.22. The number of hydrogen-bond donors (Lipinski definition) is 2. The molecule has 0 aliphatic carbocycles. The Labute approximate surface area is 109 Å². The molecule has 0 aliphatic rings. The Morgan fingerprint density at radius 2 is 2.00 bits per heavy atom. The van der Waals surface area contributed by atoms with Gasteiger partial charge < -0.3 is 5.73 Å². The first kappa shape index (κ1) is 15.9. The van der Waals surface area contributed by atoms with Gasteiger partial charge in [-0.05, 0) is 24.6 Å². The predicted octanol–water partition coefficient (Wildman–Crippen LogP) is 1.94. The van der Waals surface area contributed by atoms with Crippen LogP contribution in [-0.2, 0) is 10.0 Å². The smallest absolute Gasteiger partial charge is 0.324 e. The van der Waals surface area contributed by atoms with Crippen molar-refractivity contribution >= 4 is 10.0 Å². The number of alkyl halides is 3. The number of nitrogens with two attached hydrogens (primary N) is 1. The van der Waals surface area contributed by atoms with Crippen LogP contribution in [0.4, 0.5) is 13.2 Å². The van der Waals surface area contributed by atoms with E-state index in [-0.39, 0.29) is 10.9 Å². The number of halogens is 3. The maximum Gasteiger partial charge on any atom is 0.390 e. The minimum absolute atomic E-state index is 0.0931. The molecule has 1 unspecified atom stereocenters. The summed E-state index contributed by atoms with van der Waals surface area (Å²) in [6.07, 6.45) is -5.60. The quantitative estimate of drug-likeness (QED) is 0.872. The van der Waals surface area contributed by atoms with E-state index in [1.807, 2.05) is 4.72 Å². The third-order valence-corrected chi connectivity index (χ3v) is 3.85. The molecule has 0 bridgehead atoms. The zero-order chi connectivity index (χ0) is 14.7. The van der Waals surface area contributed by atoms with E-state index in [4.69, 9.17) is 5.73 Å². The van der Waals surface area contributed by atoms with Crippen molar-refractivity contribution < 1.29 is 21.6 Å². The van der Waals surface area contributed by atoms with Crippen molar-refractivity contribution in [2.24, 2.45) is 5.73 Å². The van der Waals surface area contributed by atoms with Crippen molar-refractivity contribution in [3.8, 4) is 0 Å². The van der Waals surface area contributed by atoms with Crippen LogP contribution in [0.15, 0.2) is 29.2 Å². The largest absolute Gasteiger partial charge is 0.390 e. The van der Waals surface area contributed by atoms with Gasteiger partial charge in [-0.15, -0.1) is 0 Å². The van der Waals surface area contributed by atoms with E-state index in [1.54, 1.807) is 13.0 Å². The third-order valence-electron chi connectivity index (χ3n) is 2.39. The van der Waals surface area contributed by atoms with E-state index in [0.717, 1.165) is 0 Å². The van der Waals surface area contributed by atoms with Crippen LogP contribution in [0.5, 0.6) is 0 Å². The number of nitrogens with one attached hydrogen (secondary N) is 1. The van der Waals surface area contributed by atoms with Crippen molar-refractivity contribution in [1.29, 1.82) is 0 Å². The summed E-state index contributed by atoms with van der Waals surface area (Å²) < 4.78 is 61.3. The van der Waals surface area contributed by atoms with Gasteiger partial charge in [-0.1, -0.05) is 12.1 Å². The zero-order valence-electron chi connectivity index (χ0n) is 10.2. The van der Waals surface area contributed by atoms with Crippen molar-refractivity contribution in [3.05, 3.63) is 29.8 Å². The molecule has 0 fully saturated rings. The van der Waals surface area contributed by atoms with E-state index in [0.29, 0.717) is 5.56 Å². The van der Waals surface area contributed by atoms with E-state index >= 15 is 0 Å². The maximum absolute atomic E-state index is 12.0. The molecule has 0 saturated carbocycles. The minimum atomic E-state index is -4.39. The summed E-state index contributed by atoms with van der Waals surface area (Å²) in [6, 6.07) is 5.45. The molecule has 1 aromatic carbocycles. The summed E-state index contributed by atoms with van der Waals surface area (Å²) in [4.78, 5) is -0.0931. The molecule has 0 aliphatic heterocycles. The van der Waals surface area contributed by atoms with E-state index in [1.165, 1.54) is 18.2 Å². The fraction of sp³-hybridized carbons (Fsp3) is 0.455. The van der Waals surface area contributed by atoms with Crippen LogP contribution in [0.2, 0.25) is 0 Å². The normalized spacial score (nSPS) is 14.4. The first-order valence-corrected chi connectivity index (χ1v) is 7.02. The fourth-order valence-electron chi connectivity index (χ4n) is 1.38. The van der Waals surface area contributed by atoms with E-state index < -0.39 is 29.2 Å². The summed E-state index contributed by atoms with van der Waals surface area (Å²) in [5, 5.41) is 0. The van der Waals surface area contributed by atoms with Crippen LogP contribution < -0.4 is 10.5 Å². The molecule has 108 valence electrons. The summed E-state index contributed by atoms with van der Waals surface area (Å²) >= 11 is 0. The summed E-state index contributed by atoms with van der Waals surface area (Å²) in [7, 11) is -3.94. The second-order valence-electron chi connectivity index (χ2n) is 4.12. The van der Waals surface area contributed by atoms with E-state index in [2.05, 4.69) is 0 Å². The first-order chi connectivity index (χ1) is 8.62. The standard InChI is InChI=1S/C11H15F3N2O2S/c1-8(15)9-3-2-4-10(7-9)19(17,18)16-6-5-11(12,13)14/h2-4,7-8,16H,5-6,15H2,1H3. The highest BCUT2D eigenvalue weighted by molar-refractivity contribution is 7.89. The maximum atomic E-state index is 12.0. The van der Waals surface area contributed by atoms with Crippen LogP contribution in [0.3, 0.4) is 0 Å². The van der Waals surface area contributed by atoms with Gasteiger partial charge in [0.2, 0.25) is 10.0 Å². The first-order valence-electron chi connectivity index (χ1n) is 5.54. The lowest BCUT2D eigenvalue weighted by Gasteiger charge is -2.11. The monoisotopic (exact) mass is 296 g/mol. The Hall–Kier alpha value is -1.12. The van der Waals surface area contributed by atoms with Crippen LogP contribution in [0, 0.1) is 0 Å². The molecule has 0 saturated heterocycles. The molecule has 8 heteroatoms. The molecule has 0 aromatic heterocycles. The second-order valence-corrected chi connectivity index (χ2v) is 5.89. The van der Waals surface area contributed by atoms with Gasteiger partial charge in [-0.3, -0.25) is 0 Å². The molecule has 1 aromatic rings. The van der Waals surface area contributed by atoms with E-state index in [9.17, 15) is 21.6 Å². The van der Waals surface area contributed by atoms with Crippen LogP contribution in [-0.4, -0.2) is 21.1 Å². The highest BCUT2D eigenvalue weighted by atomic mass is 32.2. The van der Waals surface area contributed by atoms with Gasteiger partial charge in [-0.25, -0.2) is 13.1 Å². The highest BCUT2D eigenvalue weighted by Gasteiger charge is 2.27. The number of rotatable bonds is 5. The predicted molar refractivity (Wildman–Crippen MR) is 64.9 cm³/mol. The van der Waals surface area contributed by atoms with Crippen molar-refractivity contribution in [3.63, 3.8) is 0 Å². The highest BCUT2D eigenvalue weighted by Crippen LogP contribution is 2.19. The van der Waals surface area contributed by atoms with Crippen LogP contribution >= 0.6 is 0 Å². The molecule has 0 radical (unpaired) electrons. The molecule has 0 amide bonds. The van der Waals surface area contributed by atoms with Gasteiger partial charge in [0, 0.05) is 12.6 Å². The van der Waals surface area contributed by atoms with Crippen LogP contribution in [0.1, 0.15) is 24.9 Å². The Balaban J connectivity index is 2.80. The summed E-state index contributed by atoms with van der Waals surface area (Å²) in [6.45, 7) is 0.997. The molecular formula is C11H15F3N2O2S.